The molecule has 0 aliphatic carbocycles. The van der Waals surface area contributed by atoms with E-state index in [9.17, 15) is 9.90 Å². The van der Waals surface area contributed by atoms with E-state index in [1.54, 1.807) is 24.4 Å². The zero-order chi connectivity index (χ0) is 15.9. The van der Waals surface area contributed by atoms with E-state index in [1.165, 1.54) is 7.11 Å². The van der Waals surface area contributed by atoms with Gasteiger partial charge in [0.1, 0.15) is 5.52 Å². The summed E-state index contributed by atoms with van der Waals surface area (Å²) in [5.41, 5.74) is 1.79. The molecular formula is C15H19N3O4. The van der Waals surface area contributed by atoms with Gasteiger partial charge < -0.3 is 20.3 Å². The summed E-state index contributed by atoms with van der Waals surface area (Å²) in [6.45, 7) is -0.291. The Bertz CT molecular complexity index is 648. The minimum atomic E-state index is -0.777. The molecule has 118 valence electrons. The highest BCUT2D eigenvalue weighted by Gasteiger charge is 2.10. The number of carbonyl (C=O) groups excluding carboxylic acids is 1. The second kappa shape index (κ2) is 7.67. The van der Waals surface area contributed by atoms with E-state index in [1.807, 2.05) is 0 Å². The number of hydrogen-bond acceptors (Lipinski definition) is 6. The van der Waals surface area contributed by atoms with Crippen LogP contribution in [-0.4, -0.2) is 45.9 Å². The van der Waals surface area contributed by atoms with Crippen LogP contribution >= 0.6 is 0 Å². The summed E-state index contributed by atoms with van der Waals surface area (Å²) < 4.78 is 5.08. The predicted molar refractivity (Wildman–Crippen MR) is 81.7 cm³/mol. The minimum absolute atomic E-state index is 0.178. The van der Waals surface area contributed by atoms with Gasteiger partial charge in [0.25, 0.3) is 0 Å². The van der Waals surface area contributed by atoms with Crippen LogP contribution in [0.2, 0.25) is 0 Å². The maximum absolute atomic E-state index is 11.9. The number of nitrogens with zero attached hydrogens (tertiary/aromatic N) is 2. The molecule has 7 heteroatoms. The molecule has 22 heavy (non-hydrogen) atoms. The summed E-state index contributed by atoms with van der Waals surface area (Å²) in [6, 6.07) is 5.15. The molecule has 0 aliphatic heterocycles. The molecule has 0 radical (unpaired) electrons. The van der Waals surface area contributed by atoms with Gasteiger partial charge in [-0.25, -0.2) is 4.98 Å². The molecule has 2 heterocycles. The van der Waals surface area contributed by atoms with Crippen LogP contribution in [0, 0.1) is 0 Å². The molecule has 0 saturated carbocycles. The van der Waals surface area contributed by atoms with Crippen molar-refractivity contribution in [3.05, 3.63) is 24.4 Å². The Balaban J connectivity index is 2.05. The third kappa shape index (κ3) is 4.12. The number of rotatable bonds is 7. The molecule has 0 saturated heterocycles. The summed E-state index contributed by atoms with van der Waals surface area (Å²) in [5.74, 6) is 0.268. The first kappa shape index (κ1) is 16.1. The van der Waals surface area contributed by atoms with Gasteiger partial charge >= 0.3 is 0 Å². The fourth-order valence-corrected chi connectivity index (χ4v) is 2.02. The van der Waals surface area contributed by atoms with Gasteiger partial charge in [0.05, 0.1) is 31.0 Å². The molecule has 0 bridgehead atoms. The monoisotopic (exact) mass is 305 g/mol. The number of aliphatic hydroxyl groups is 2. The molecular weight excluding hydrogens is 286 g/mol. The molecule has 2 aromatic heterocycles. The average Bonchev–Trinajstić information content (AvgIpc) is 2.54. The SMILES string of the molecule is COc1ccc2nccc(NC(=O)CCCC(O)CO)c2n1. The Morgan fingerprint density at radius 1 is 1.41 bits per heavy atom. The lowest BCUT2D eigenvalue weighted by molar-refractivity contribution is -0.116. The Morgan fingerprint density at radius 2 is 2.23 bits per heavy atom. The number of ether oxygens (including phenoxy) is 1. The largest absolute Gasteiger partial charge is 0.481 e. The highest BCUT2D eigenvalue weighted by Crippen LogP contribution is 2.22. The van der Waals surface area contributed by atoms with E-state index in [0.29, 0.717) is 35.4 Å². The van der Waals surface area contributed by atoms with Crippen molar-refractivity contribution in [2.24, 2.45) is 0 Å². The van der Waals surface area contributed by atoms with E-state index in [-0.39, 0.29) is 18.9 Å². The molecule has 7 nitrogen and oxygen atoms in total. The number of aliphatic hydroxyl groups excluding tert-OH is 2. The first-order valence-electron chi connectivity index (χ1n) is 7.02. The summed E-state index contributed by atoms with van der Waals surface area (Å²) >= 11 is 0. The number of amides is 1. The highest BCUT2D eigenvalue weighted by molar-refractivity contribution is 5.99. The lowest BCUT2D eigenvalue weighted by Gasteiger charge is -2.09. The van der Waals surface area contributed by atoms with E-state index in [2.05, 4.69) is 15.3 Å². The van der Waals surface area contributed by atoms with Gasteiger partial charge in [-0.1, -0.05) is 0 Å². The number of aromatic nitrogens is 2. The summed E-state index contributed by atoms with van der Waals surface area (Å²) in [7, 11) is 1.52. The predicted octanol–water partition coefficient (Wildman–Crippen LogP) is 1.10. The molecule has 0 aromatic carbocycles. The molecule has 3 N–H and O–H groups in total. The van der Waals surface area contributed by atoms with Crippen LogP contribution in [0.4, 0.5) is 5.69 Å². The molecule has 0 fully saturated rings. The maximum Gasteiger partial charge on any atom is 0.224 e. The van der Waals surface area contributed by atoms with Gasteiger partial charge in [-0.3, -0.25) is 9.78 Å². The Kier molecular flexibility index (Phi) is 5.62. The number of anilines is 1. The normalized spacial score (nSPS) is 12.1. The van der Waals surface area contributed by atoms with Crippen LogP contribution in [-0.2, 0) is 4.79 Å². The van der Waals surface area contributed by atoms with Crippen molar-refractivity contribution in [2.45, 2.75) is 25.4 Å². The topological polar surface area (TPSA) is 105 Å². The minimum Gasteiger partial charge on any atom is -0.481 e. The fraction of sp³-hybridized carbons (Fsp3) is 0.400. The van der Waals surface area contributed by atoms with Crippen LogP contribution in [0.25, 0.3) is 11.0 Å². The number of fused-ring (bicyclic) bond motifs is 1. The first-order valence-corrected chi connectivity index (χ1v) is 7.02. The van der Waals surface area contributed by atoms with Crippen molar-refractivity contribution in [1.82, 2.24) is 9.97 Å². The Hall–Kier alpha value is -2.25. The summed E-state index contributed by atoms with van der Waals surface area (Å²) in [5, 5.41) is 20.8. The van der Waals surface area contributed by atoms with E-state index in [4.69, 9.17) is 9.84 Å². The molecule has 0 spiro atoms. The number of methoxy groups -OCH3 is 1. The third-order valence-corrected chi connectivity index (χ3v) is 3.19. The van der Waals surface area contributed by atoms with Gasteiger partial charge in [0, 0.05) is 18.7 Å². The van der Waals surface area contributed by atoms with Crippen molar-refractivity contribution in [2.75, 3.05) is 19.0 Å². The van der Waals surface area contributed by atoms with E-state index in [0.717, 1.165) is 0 Å². The van der Waals surface area contributed by atoms with Crippen LogP contribution in [0.5, 0.6) is 5.88 Å². The smallest absolute Gasteiger partial charge is 0.224 e. The van der Waals surface area contributed by atoms with Gasteiger partial charge in [-0.15, -0.1) is 0 Å². The molecule has 2 aromatic rings. The molecule has 2 rings (SSSR count). The van der Waals surface area contributed by atoms with Crippen LogP contribution in [0.3, 0.4) is 0 Å². The lowest BCUT2D eigenvalue weighted by atomic mass is 10.1. The van der Waals surface area contributed by atoms with Crippen molar-refractivity contribution in [3.8, 4) is 5.88 Å². The Labute approximate surface area is 128 Å². The quantitative estimate of drug-likeness (QED) is 0.707. The van der Waals surface area contributed by atoms with Gasteiger partial charge in [0.15, 0.2) is 0 Å². The molecule has 1 amide bonds. The number of hydrogen-bond donors (Lipinski definition) is 3. The van der Waals surface area contributed by atoms with Gasteiger partial charge in [-0.05, 0) is 25.0 Å². The van der Waals surface area contributed by atoms with E-state index >= 15 is 0 Å². The van der Waals surface area contributed by atoms with Crippen molar-refractivity contribution < 1.29 is 19.7 Å². The van der Waals surface area contributed by atoms with E-state index < -0.39 is 6.10 Å². The third-order valence-electron chi connectivity index (χ3n) is 3.19. The lowest BCUT2D eigenvalue weighted by Crippen LogP contribution is -2.15. The second-order valence-electron chi connectivity index (χ2n) is 4.86. The van der Waals surface area contributed by atoms with Crippen LogP contribution in [0.1, 0.15) is 19.3 Å². The second-order valence-corrected chi connectivity index (χ2v) is 4.86. The van der Waals surface area contributed by atoms with Crippen LogP contribution < -0.4 is 10.1 Å². The maximum atomic E-state index is 11.9. The molecule has 1 atom stereocenters. The van der Waals surface area contributed by atoms with Crippen molar-refractivity contribution >= 4 is 22.6 Å². The summed E-state index contributed by atoms with van der Waals surface area (Å²) in [4.78, 5) is 20.4. The molecule has 1 unspecified atom stereocenters. The van der Waals surface area contributed by atoms with Crippen molar-refractivity contribution in [1.29, 1.82) is 0 Å². The zero-order valence-corrected chi connectivity index (χ0v) is 12.3. The zero-order valence-electron chi connectivity index (χ0n) is 12.3. The number of carbonyl (C=O) groups is 1. The van der Waals surface area contributed by atoms with Crippen molar-refractivity contribution in [3.63, 3.8) is 0 Å². The number of nitrogens with one attached hydrogen (secondary N) is 1. The highest BCUT2D eigenvalue weighted by atomic mass is 16.5. The standard InChI is InChI=1S/C15H19N3O4/c1-22-14-6-5-11-15(18-14)12(7-8-16-11)17-13(21)4-2-3-10(20)9-19/h5-8,10,19-20H,2-4,9H2,1H3,(H,16,17,21). The van der Waals surface area contributed by atoms with Crippen LogP contribution in [0.15, 0.2) is 24.4 Å². The van der Waals surface area contributed by atoms with Gasteiger partial charge in [-0.2, -0.15) is 0 Å². The average molecular weight is 305 g/mol. The number of pyridine rings is 2. The fourth-order valence-electron chi connectivity index (χ4n) is 2.02. The first-order chi connectivity index (χ1) is 10.6. The van der Waals surface area contributed by atoms with Gasteiger partial charge in [0.2, 0.25) is 11.8 Å². The Morgan fingerprint density at radius 3 is 2.95 bits per heavy atom. The molecule has 0 aliphatic rings. The summed E-state index contributed by atoms with van der Waals surface area (Å²) in [6.07, 6.45) is 1.95.